The fraction of sp³-hybridized carbons (Fsp3) is 0.617. The van der Waals surface area contributed by atoms with E-state index in [0.717, 1.165) is 0 Å². The number of benzene rings is 1. The molecule has 1 aromatic rings. The molecule has 0 radical (unpaired) electrons. The molecule has 432 valence electrons. The summed E-state index contributed by atoms with van der Waals surface area (Å²) in [6.45, 7) is 7.34. The van der Waals surface area contributed by atoms with E-state index in [0.29, 0.717) is 18.4 Å². The third kappa shape index (κ3) is 27.0. The highest BCUT2D eigenvalue weighted by Crippen LogP contribution is 2.11. The number of carboxylic acids is 1. The highest BCUT2D eigenvalue weighted by Gasteiger charge is 2.33. The van der Waals surface area contributed by atoms with Gasteiger partial charge in [0.2, 0.25) is 59.1 Å². The van der Waals surface area contributed by atoms with Gasteiger partial charge in [0.05, 0.1) is 12.6 Å². The zero-order valence-electron chi connectivity index (χ0n) is 44.0. The molecule has 0 aliphatic carbocycles. The molecule has 3 unspecified atom stereocenters. The number of rotatable bonds is 36. The van der Waals surface area contributed by atoms with Gasteiger partial charge in [0.1, 0.15) is 54.4 Å². The minimum atomic E-state index is -1.34. The van der Waals surface area contributed by atoms with E-state index in [1.54, 1.807) is 44.2 Å². The largest absolute Gasteiger partial charge is 0.480 e. The third-order valence-electron chi connectivity index (χ3n) is 11.3. The number of nitrogens with zero attached hydrogens (tertiary/aromatic N) is 1. The van der Waals surface area contributed by atoms with Crippen molar-refractivity contribution in [2.24, 2.45) is 33.8 Å². The number of guanidine groups is 1. The third-order valence-corrected chi connectivity index (χ3v) is 12.4. The maximum Gasteiger partial charge on any atom is 0.327 e. The fourth-order valence-electron chi connectivity index (χ4n) is 6.87. The molecular formula is C47H79N15O12S3. The second kappa shape index (κ2) is 36.6. The molecule has 0 aromatic heterocycles. The number of nitrogens with one attached hydrogen (secondary N) is 10. The predicted octanol–water partition coefficient (Wildman–Crippen LogP) is -4.80. The normalized spacial score (nSPS) is 14.8. The minimum Gasteiger partial charge on any atom is -0.480 e. The maximum absolute atomic E-state index is 14.2. The van der Waals surface area contributed by atoms with Crippen LogP contribution in [0.3, 0.4) is 0 Å². The first-order valence-corrected chi connectivity index (χ1v) is 26.8. The van der Waals surface area contributed by atoms with Crippen LogP contribution in [0.4, 0.5) is 0 Å². The van der Waals surface area contributed by atoms with Crippen LogP contribution in [-0.4, -0.2) is 173 Å². The Hall–Kier alpha value is -6.37. The molecule has 0 saturated carbocycles. The summed E-state index contributed by atoms with van der Waals surface area (Å²) in [7, 11) is 0. The summed E-state index contributed by atoms with van der Waals surface area (Å²) < 4.78 is 0. The van der Waals surface area contributed by atoms with Crippen molar-refractivity contribution in [2.45, 2.75) is 140 Å². The molecule has 19 N–H and O–H groups in total. The minimum absolute atomic E-state index is 0.0114. The molecule has 0 aliphatic rings. The smallest absolute Gasteiger partial charge is 0.327 e. The highest BCUT2D eigenvalue weighted by molar-refractivity contribution is 7.80. The van der Waals surface area contributed by atoms with Gasteiger partial charge in [-0.25, -0.2) is 4.79 Å². The molecule has 0 spiro atoms. The number of aliphatic imine (C=N–C) groups is 1. The van der Waals surface area contributed by atoms with Crippen LogP contribution >= 0.6 is 37.9 Å². The quantitative estimate of drug-likeness (QED) is 0.0130. The van der Waals surface area contributed by atoms with E-state index in [-0.39, 0.29) is 74.3 Å². The van der Waals surface area contributed by atoms with Crippen LogP contribution in [0.1, 0.15) is 78.7 Å². The number of carbonyl (C=O) groups excluding carboxylic acids is 10. The Morgan fingerprint density at radius 1 is 0.532 bits per heavy atom. The van der Waals surface area contributed by atoms with Crippen LogP contribution in [0, 0.1) is 5.92 Å². The van der Waals surface area contributed by atoms with Crippen LogP contribution in [0.15, 0.2) is 35.3 Å². The number of nitrogens with two attached hydrogens (primary N) is 4. The molecule has 10 amide bonds. The van der Waals surface area contributed by atoms with Crippen molar-refractivity contribution in [1.82, 2.24) is 53.2 Å². The van der Waals surface area contributed by atoms with Crippen LogP contribution < -0.4 is 76.1 Å². The second-order valence-corrected chi connectivity index (χ2v) is 19.5. The zero-order chi connectivity index (χ0) is 58.4. The topological polar surface area (TPSA) is 445 Å². The van der Waals surface area contributed by atoms with Gasteiger partial charge in [0, 0.05) is 30.2 Å². The lowest BCUT2D eigenvalue weighted by atomic mass is 10.00. The molecule has 30 heteroatoms. The van der Waals surface area contributed by atoms with E-state index in [9.17, 15) is 57.8 Å². The van der Waals surface area contributed by atoms with Crippen molar-refractivity contribution >= 4 is 109 Å². The Bertz CT molecular complexity index is 2180. The zero-order valence-corrected chi connectivity index (χ0v) is 46.6. The average Bonchev–Trinajstić information content (AvgIpc) is 3.37. The van der Waals surface area contributed by atoms with Gasteiger partial charge in [-0.3, -0.25) is 52.9 Å². The molecule has 0 saturated heterocycles. The van der Waals surface area contributed by atoms with Crippen LogP contribution in [0.2, 0.25) is 0 Å². The van der Waals surface area contributed by atoms with E-state index < -0.39 is 132 Å². The number of aliphatic carboxylic acids is 1. The van der Waals surface area contributed by atoms with Crippen molar-refractivity contribution in [3.63, 3.8) is 0 Å². The lowest BCUT2D eigenvalue weighted by molar-refractivity contribution is -0.141. The van der Waals surface area contributed by atoms with Crippen molar-refractivity contribution in [1.29, 1.82) is 0 Å². The summed E-state index contributed by atoms with van der Waals surface area (Å²) in [5, 5.41) is 34.3. The molecular weight excluding hydrogens is 1060 g/mol. The van der Waals surface area contributed by atoms with Crippen molar-refractivity contribution < 1.29 is 57.8 Å². The van der Waals surface area contributed by atoms with Gasteiger partial charge in [0.15, 0.2) is 5.96 Å². The maximum atomic E-state index is 14.2. The number of carboxylic acid groups (broad SMARTS) is 1. The van der Waals surface area contributed by atoms with Crippen molar-refractivity contribution in [3.8, 4) is 0 Å². The van der Waals surface area contributed by atoms with Gasteiger partial charge < -0.3 is 81.2 Å². The molecule has 0 fully saturated rings. The van der Waals surface area contributed by atoms with Gasteiger partial charge in [0.25, 0.3) is 0 Å². The Kier molecular flexibility index (Phi) is 32.6. The molecule has 0 aliphatic heterocycles. The van der Waals surface area contributed by atoms with E-state index in [1.165, 1.54) is 20.8 Å². The number of thiol groups is 3. The second-order valence-electron chi connectivity index (χ2n) is 18.4. The Labute approximate surface area is 464 Å². The predicted molar refractivity (Wildman–Crippen MR) is 297 cm³/mol. The first kappa shape index (κ1) is 68.6. The highest BCUT2D eigenvalue weighted by atomic mass is 32.1. The number of amides is 10. The van der Waals surface area contributed by atoms with Crippen LogP contribution in [0.25, 0.3) is 0 Å². The van der Waals surface area contributed by atoms with Gasteiger partial charge in [-0.1, -0.05) is 44.2 Å². The number of unbranched alkanes of at least 4 members (excludes halogenated alkanes) is 1. The van der Waals surface area contributed by atoms with Crippen molar-refractivity contribution in [3.05, 3.63) is 35.9 Å². The standard InChI is InChI=1S/C47H79N15O12S3/c1-24(2)18-32(59-42(69)31(14-9-10-16-48)57-36(63)20-53-41(68)30(15-11-17-52-47(50)51)58-38(65)27(5)55-40(67)29(49)21-75)44(71)60-33(19-28-12-7-6-8-13-28)43(70)56-25(3)37(64)54-26(4)39(66)61-34(22-76)45(72)62-35(23-77)46(73)74/h6-8,12-13,24-27,29-35,75-77H,9-11,14-23,48-49H2,1-5H3,(H,53,68)(H,54,64)(H,55,67)(H,56,70)(H,57,63)(H,58,65)(H,59,69)(H,60,71)(H,61,66)(H,62,72)(H,73,74)(H4,50,51,52)/t25?,26?,27?,29-,30-,31-,32-,33-,34-,35-/m0/s1. The van der Waals surface area contributed by atoms with Crippen LogP contribution in [0.5, 0.6) is 0 Å². The Morgan fingerprint density at radius 3 is 1.52 bits per heavy atom. The Morgan fingerprint density at radius 2 is 0.987 bits per heavy atom. The molecule has 27 nitrogen and oxygen atoms in total. The summed E-state index contributed by atoms with van der Waals surface area (Å²) in [6.07, 6.45) is 1.14. The lowest BCUT2D eigenvalue weighted by Gasteiger charge is -2.27. The SMILES string of the molecule is CC(C)C[C@H](NC(=O)[C@H](CCCCN)NC(=O)CNC(=O)[C@H](CCCN=C(N)N)NC(=O)C(C)NC(=O)[C@@H](N)CS)C(=O)N[C@@H](Cc1ccccc1)C(=O)NC(C)C(=O)NC(C)C(=O)N[C@@H](CS)C(=O)N[C@@H](CS)C(=O)O. The van der Waals surface area contributed by atoms with Crippen LogP contribution in [-0.2, 0) is 59.2 Å². The summed E-state index contributed by atoms with van der Waals surface area (Å²) in [5.41, 5.74) is 22.9. The number of hydrogen-bond donors (Lipinski definition) is 18. The molecule has 10 atom stereocenters. The van der Waals surface area contributed by atoms with E-state index in [1.807, 2.05) is 0 Å². The van der Waals surface area contributed by atoms with E-state index >= 15 is 0 Å². The first-order valence-electron chi connectivity index (χ1n) is 24.9. The molecule has 1 aromatic carbocycles. The number of hydrogen-bond acceptors (Lipinski definition) is 17. The molecule has 0 heterocycles. The van der Waals surface area contributed by atoms with Crippen molar-refractivity contribution in [2.75, 3.05) is 36.9 Å². The molecule has 77 heavy (non-hydrogen) atoms. The summed E-state index contributed by atoms with van der Waals surface area (Å²) in [4.78, 5) is 149. The van der Waals surface area contributed by atoms with Gasteiger partial charge in [-0.05, 0) is 77.3 Å². The average molecular weight is 1140 g/mol. The fourth-order valence-corrected chi connectivity index (χ4v) is 7.54. The first-order chi connectivity index (χ1) is 36.3. The molecule has 1 rings (SSSR count). The van der Waals surface area contributed by atoms with Gasteiger partial charge >= 0.3 is 5.97 Å². The van der Waals surface area contributed by atoms with Gasteiger partial charge in [-0.2, -0.15) is 37.9 Å². The summed E-state index contributed by atoms with van der Waals surface area (Å²) >= 11 is 12.0. The summed E-state index contributed by atoms with van der Waals surface area (Å²) in [5.74, 6) is -9.96. The Balaban J connectivity index is 3.26. The lowest BCUT2D eigenvalue weighted by Crippen LogP contribution is -2.60. The van der Waals surface area contributed by atoms with E-state index in [2.05, 4.69) is 96.0 Å². The number of carbonyl (C=O) groups is 11. The molecule has 0 bridgehead atoms. The monoisotopic (exact) mass is 1140 g/mol. The van der Waals surface area contributed by atoms with E-state index in [4.69, 9.17) is 22.9 Å². The summed E-state index contributed by atoms with van der Waals surface area (Å²) in [6, 6.07) is -3.72. The van der Waals surface area contributed by atoms with Gasteiger partial charge in [-0.15, -0.1) is 0 Å².